The molecule has 0 aliphatic carbocycles. The molecule has 0 saturated carbocycles. The summed E-state index contributed by atoms with van der Waals surface area (Å²) in [5, 5.41) is 2.99. The van der Waals surface area contributed by atoms with Crippen LogP contribution in [0, 0.1) is 0 Å². The second-order valence-corrected chi connectivity index (χ2v) is 6.69. The highest BCUT2D eigenvalue weighted by Crippen LogP contribution is 2.24. The van der Waals surface area contributed by atoms with Crippen molar-refractivity contribution in [2.24, 2.45) is 0 Å². The van der Waals surface area contributed by atoms with Crippen LogP contribution in [0.4, 0.5) is 11.4 Å². The quantitative estimate of drug-likeness (QED) is 0.781. The van der Waals surface area contributed by atoms with E-state index in [1.165, 1.54) is 0 Å². The Morgan fingerprint density at radius 2 is 1.69 bits per heavy atom. The summed E-state index contributed by atoms with van der Waals surface area (Å²) in [7, 11) is 0. The third-order valence-electron chi connectivity index (χ3n) is 4.46. The Morgan fingerprint density at radius 1 is 1.04 bits per heavy atom. The summed E-state index contributed by atoms with van der Waals surface area (Å²) < 4.78 is 0. The van der Waals surface area contributed by atoms with Crippen molar-refractivity contribution in [1.29, 1.82) is 0 Å². The van der Waals surface area contributed by atoms with Crippen LogP contribution in [-0.2, 0) is 16.0 Å². The average molecular weight is 352 g/mol. The van der Waals surface area contributed by atoms with Crippen LogP contribution in [0.2, 0.25) is 0 Å². The fraction of sp³-hybridized carbons (Fsp3) is 0.364. The van der Waals surface area contributed by atoms with Crippen molar-refractivity contribution < 1.29 is 9.59 Å². The Morgan fingerprint density at radius 3 is 2.35 bits per heavy atom. The molecular formula is C22H28N2O2. The SMILES string of the molecule is CCc1ccccc1N(CCC(=O)Nc1ccccc1C(C)C)C(C)=O. The first-order valence-corrected chi connectivity index (χ1v) is 9.18. The van der Waals surface area contributed by atoms with Crippen molar-refractivity contribution in [2.75, 3.05) is 16.8 Å². The molecule has 2 aromatic rings. The predicted octanol–water partition coefficient (Wildman–Crippen LogP) is 4.75. The zero-order chi connectivity index (χ0) is 19.1. The van der Waals surface area contributed by atoms with Crippen molar-refractivity contribution in [3.05, 3.63) is 59.7 Å². The molecule has 4 nitrogen and oxygen atoms in total. The van der Waals surface area contributed by atoms with Crippen molar-refractivity contribution >= 4 is 23.2 Å². The number of carbonyl (C=O) groups excluding carboxylic acids is 2. The fourth-order valence-corrected chi connectivity index (χ4v) is 3.06. The molecule has 0 aliphatic rings. The number of anilines is 2. The number of nitrogens with zero attached hydrogens (tertiary/aromatic N) is 1. The number of para-hydroxylation sites is 2. The van der Waals surface area contributed by atoms with Crippen molar-refractivity contribution in [3.8, 4) is 0 Å². The van der Waals surface area contributed by atoms with Gasteiger partial charge in [0, 0.05) is 31.3 Å². The molecule has 26 heavy (non-hydrogen) atoms. The molecule has 0 unspecified atom stereocenters. The number of hydrogen-bond acceptors (Lipinski definition) is 2. The van der Waals surface area contributed by atoms with E-state index in [1.807, 2.05) is 48.5 Å². The molecule has 2 amide bonds. The molecular weight excluding hydrogens is 324 g/mol. The summed E-state index contributed by atoms with van der Waals surface area (Å²) in [6.45, 7) is 8.17. The number of hydrogen-bond donors (Lipinski definition) is 1. The molecule has 4 heteroatoms. The highest BCUT2D eigenvalue weighted by atomic mass is 16.2. The smallest absolute Gasteiger partial charge is 0.226 e. The van der Waals surface area contributed by atoms with Gasteiger partial charge in [-0.25, -0.2) is 0 Å². The van der Waals surface area contributed by atoms with Crippen LogP contribution >= 0.6 is 0 Å². The highest BCUT2D eigenvalue weighted by Gasteiger charge is 2.16. The predicted molar refractivity (Wildman–Crippen MR) is 108 cm³/mol. The molecule has 0 bridgehead atoms. The Labute approximate surface area is 156 Å². The van der Waals surface area contributed by atoms with E-state index in [0.717, 1.165) is 28.9 Å². The van der Waals surface area contributed by atoms with Gasteiger partial charge in [0.1, 0.15) is 0 Å². The number of rotatable bonds is 7. The second kappa shape index (κ2) is 9.18. The molecule has 0 radical (unpaired) electrons. The summed E-state index contributed by atoms with van der Waals surface area (Å²) in [5.74, 6) is 0.191. The van der Waals surface area contributed by atoms with Gasteiger partial charge in [0.15, 0.2) is 0 Å². The van der Waals surface area contributed by atoms with E-state index in [-0.39, 0.29) is 18.2 Å². The Kier molecular flexibility index (Phi) is 6.96. The van der Waals surface area contributed by atoms with Crippen LogP contribution in [0.3, 0.4) is 0 Å². The van der Waals surface area contributed by atoms with Gasteiger partial charge in [-0.15, -0.1) is 0 Å². The van der Waals surface area contributed by atoms with Gasteiger partial charge >= 0.3 is 0 Å². The minimum Gasteiger partial charge on any atom is -0.326 e. The fourth-order valence-electron chi connectivity index (χ4n) is 3.06. The Balaban J connectivity index is 2.08. The van der Waals surface area contributed by atoms with Gasteiger partial charge in [-0.1, -0.05) is 57.2 Å². The lowest BCUT2D eigenvalue weighted by Gasteiger charge is -2.23. The largest absolute Gasteiger partial charge is 0.326 e. The van der Waals surface area contributed by atoms with E-state index in [1.54, 1.807) is 11.8 Å². The Bertz CT molecular complexity index is 768. The van der Waals surface area contributed by atoms with Gasteiger partial charge in [0.2, 0.25) is 11.8 Å². The summed E-state index contributed by atoms with van der Waals surface area (Å²) >= 11 is 0. The van der Waals surface area contributed by atoms with Crippen molar-refractivity contribution in [3.63, 3.8) is 0 Å². The Hall–Kier alpha value is -2.62. The number of carbonyl (C=O) groups is 2. The number of benzene rings is 2. The number of nitrogens with one attached hydrogen (secondary N) is 1. The van der Waals surface area contributed by atoms with E-state index in [2.05, 4.69) is 26.1 Å². The molecule has 0 atom stereocenters. The molecule has 1 N–H and O–H groups in total. The van der Waals surface area contributed by atoms with E-state index in [0.29, 0.717) is 12.5 Å². The van der Waals surface area contributed by atoms with Gasteiger partial charge in [0.25, 0.3) is 0 Å². The molecule has 0 fully saturated rings. The van der Waals surface area contributed by atoms with Crippen LogP contribution < -0.4 is 10.2 Å². The maximum Gasteiger partial charge on any atom is 0.226 e. The second-order valence-electron chi connectivity index (χ2n) is 6.69. The van der Waals surface area contributed by atoms with Crippen molar-refractivity contribution in [2.45, 2.75) is 46.5 Å². The molecule has 0 aromatic heterocycles. The van der Waals surface area contributed by atoms with Crippen LogP contribution in [-0.4, -0.2) is 18.4 Å². The first kappa shape index (κ1) is 19.7. The monoisotopic (exact) mass is 352 g/mol. The zero-order valence-electron chi connectivity index (χ0n) is 16.1. The highest BCUT2D eigenvalue weighted by molar-refractivity contribution is 5.95. The number of aryl methyl sites for hydroxylation is 1. The molecule has 2 aromatic carbocycles. The zero-order valence-corrected chi connectivity index (χ0v) is 16.1. The summed E-state index contributed by atoms with van der Waals surface area (Å²) in [4.78, 5) is 26.3. The molecule has 0 spiro atoms. The topological polar surface area (TPSA) is 49.4 Å². The van der Waals surface area contributed by atoms with Crippen LogP contribution in [0.5, 0.6) is 0 Å². The molecule has 138 valence electrons. The van der Waals surface area contributed by atoms with E-state index in [9.17, 15) is 9.59 Å². The lowest BCUT2D eigenvalue weighted by molar-refractivity contribution is -0.117. The normalized spacial score (nSPS) is 10.7. The lowest BCUT2D eigenvalue weighted by Crippen LogP contribution is -2.32. The molecule has 0 heterocycles. The van der Waals surface area contributed by atoms with E-state index in [4.69, 9.17) is 0 Å². The third kappa shape index (κ3) is 4.94. The molecule has 2 rings (SSSR count). The van der Waals surface area contributed by atoms with E-state index >= 15 is 0 Å². The lowest BCUT2D eigenvalue weighted by atomic mass is 10.0. The van der Waals surface area contributed by atoms with Crippen LogP contribution in [0.25, 0.3) is 0 Å². The maximum absolute atomic E-state index is 12.5. The van der Waals surface area contributed by atoms with Gasteiger partial charge < -0.3 is 10.2 Å². The third-order valence-corrected chi connectivity index (χ3v) is 4.46. The maximum atomic E-state index is 12.5. The average Bonchev–Trinajstić information content (AvgIpc) is 2.62. The number of amides is 2. The summed E-state index contributed by atoms with van der Waals surface area (Å²) in [6.07, 6.45) is 1.10. The first-order valence-electron chi connectivity index (χ1n) is 9.18. The van der Waals surface area contributed by atoms with Gasteiger partial charge in [0.05, 0.1) is 0 Å². The molecule has 0 aliphatic heterocycles. The first-order chi connectivity index (χ1) is 12.4. The van der Waals surface area contributed by atoms with Gasteiger partial charge in [-0.2, -0.15) is 0 Å². The van der Waals surface area contributed by atoms with Crippen LogP contribution in [0.1, 0.15) is 51.2 Å². The molecule has 0 saturated heterocycles. The van der Waals surface area contributed by atoms with Gasteiger partial charge in [-0.3, -0.25) is 9.59 Å². The van der Waals surface area contributed by atoms with Crippen molar-refractivity contribution in [1.82, 2.24) is 0 Å². The minimum absolute atomic E-state index is 0.0544. The summed E-state index contributed by atoms with van der Waals surface area (Å²) in [5.41, 5.74) is 3.95. The standard InChI is InChI=1S/C22H28N2O2/c1-5-18-10-6-9-13-21(18)24(17(4)25)15-14-22(26)23-20-12-8-7-11-19(20)16(2)3/h6-13,16H,5,14-15H2,1-4H3,(H,23,26). The minimum atomic E-state index is -0.0849. The van der Waals surface area contributed by atoms with E-state index < -0.39 is 0 Å². The summed E-state index contributed by atoms with van der Waals surface area (Å²) in [6, 6.07) is 15.7. The van der Waals surface area contributed by atoms with Gasteiger partial charge in [-0.05, 0) is 35.6 Å². The van der Waals surface area contributed by atoms with Crippen LogP contribution in [0.15, 0.2) is 48.5 Å².